The number of hydrogen-bond acceptors (Lipinski definition) is 5. The van der Waals surface area contributed by atoms with Crippen LogP contribution in [-0.4, -0.2) is 57.2 Å². The van der Waals surface area contributed by atoms with E-state index in [9.17, 15) is 4.79 Å². The number of rotatable bonds is 3. The Bertz CT molecular complexity index is 548. The van der Waals surface area contributed by atoms with Gasteiger partial charge < -0.3 is 9.80 Å². The van der Waals surface area contributed by atoms with Gasteiger partial charge in [-0.25, -0.2) is 4.68 Å². The molecule has 2 aromatic rings. The van der Waals surface area contributed by atoms with E-state index in [1.807, 2.05) is 23.1 Å². The molecular formula is C13H16N6O. The Kier molecular flexibility index (Phi) is 3.58. The van der Waals surface area contributed by atoms with Crippen molar-refractivity contribution in [3.63, 3.8) is 0 Å². The number of carbonyl (C=O) groups is 1. The topological polar surface area (TPSA) is 67.2 Å². The molecule has 0 atom stereocenters. The van der Waals surface area contributed by atoms with Crippen molar-refractivity contribution in [1.29, 1.82) is 0 Å². The third-order valence-electron chi connectivity index (χ3n) is 3.44. The molecule has 1 saturated heterocycles. The van der Waals surface area contributed by atoms with Crippen molar-refractivity contribution in [2.75, 3.05) is 31.1 Å². The SMILES string of the molecule is O=C(Cn1cnnn1)N1CCN(c2ccccc2)CC1. The molecule has 3 rings (SSSR count). The van der Waals surface area contributed by atoms with Gasteiger partial charge in [-0.2, -0.15) is 0 Å². The van der Waals surface area contributed by atoms with E-state index in [-0.39, 0.29) is 12.5 Å². The van der Waals surface area contributed by atoms with Crippen LogP contribution >= 0.6 is 0 Å². The Morgan fingerprint density at radius 3 is 2.50 bits per heavy atom. The highest BCUT2D eigenvalue weighted by atomic mass is 16.2. The van der Waals surface area contributed by atoms with Crippen molar-refractivity contribution >= 4 is 11.6 Å². The summed E-state index contributed by atoms with van der Waals surface area (Å²) in [7, 11) is 0. The molecule has 1 aromatic carbocycles. The zero-order valence-electron chi connectivity index (χ0n) is 11.1. The van der Waals surface area contributed by atoms with Crippen molar-refractivity contribution in [1.82, 2.24) is 25.1 Å². The molecule has 1 aromatic heterocycles. The van der Waals surface area contributed by atoms with Gasteiger partial charge in [-0.15, -0.1) is 5.10 Å². The van der Waals surface area contributed by atoms with Crippen LogP contribution in [0, 0.1) is 0 Å². The summed E-state index contributed by atoms with van der Waals surface area (Å²) >= 11 is 0. The second kappa shape index (κ2) is 5.68. The molecule has 7 heteroatoms. The number of anilines is 1. The fourth-order valence-corrected chi connectivity index (χ4v) is 2.34. The Labute approximate surface area is 116 Å². The number of piperazine rings is 1. The van der Waals surface area contributed by atoms with Crippen molar-refractivity contribution in [3.05, 3.63) is 36.7 Å². The summed E-state index contributed by atoms with van der Waals surface area (Å²) in [5.41, 5.74) is 1.21. The molecule has 0 radical (unpaired) electrons. The summed E-state index contributed by atoms with van der Waals surface area (Å²) in [6.07, 6.45) is 1.46. The van der Waals surface area contributed by atoms with Gasteiger partial charge in [0, 0.05) is 31.9 Å². The van der Waals surface area contributed by atoms with E-state index < -0.39 is 0 Å². The number of carbonyl (C=O) groups excluding carboxylic acids is 1. The average molecular weight is 272 g/mol. The molecule has 0 unspecified atom stereocenters. The molecule has 0 spiro atoms. The van der Waals surface area contributed by atoms with Crippen LogP contribution < -0.4 is 4.90 Å². The van der Waals surface area contributed by atoms with Gasteiger partial charge in [0.1, 0.15) is 12.9 Å². The van der Waals surface area contributed by atoms with E-state index in [4.69, 9.17) is 0 Å². The molecule has 1 fully saturated rings. The third-order valence-corrected chi connectivity index (χ3v) is 3.44. The second-order valence-electron chi connectivity index (χ2n) is 4.71. The van der Waals surface area contributed by atoms with E-state index in [0.717, 1.165) is 26.2 Å². The monoisotopic (exact) mass is 272 g/mol. The maximum atomic E-state index is 12.1. The van der Waals surface area contributed by atoms with Gasteiger partial charge in [0.05, 0.1) is 0 Å². The number of hydrogen-bond donors (Lipinski definition) is 0. The summed E-state index contributed by atoms with van der Waals surface area (Å²) < 4.78 is 1.45. The number of tetrazole rings is 1. The normalized spacial score (nSPS) is 15.4. The van der Waals surface area contributed by atoms with Gasteiger partial charge in [-0.3, -0.25) is 4.79 Å². The lowest BCUT2D eigenvalue weighted by Crippen LogP contribution is -2.49. The maximum absolute atomic E-state index is 12.1. The van der Waals surface area contributed by atoms with E-state index in [2.05, 4.69) is 32.6 Å². The Morgan fingerprint density at radius 1 is 1.10 bits per heavy atom. The van der Waals surface area contributed by atoms with Gasteiger partial charge >= 0.3 is 0 Å². The molecule has 0 aliphatic carbocycles. The molecule has 20 heavy (non-hydrogen) atoms. The largest absolute Gasteiger partial charge is 0.368 e. The number of nitrogens with zero attached hydrogens (tertiary/aromatic N) is 6. The molecule has 0 saturated carbocycles. The first-order valence-electron chi connectivity index (χ1n) is 6.61. The minimum atomic E-state index is 0.0602. The lowest BCUT2D eigenvalue weighted by molar-refractivity contribution is -0.132. The first-order valence-corrected chi connectivity index (χ1v) is 6.61. The highest BCUT2D eigenvalue weighted by molar-refractivity contribution is 5.76. The number of para-hydroxylation sites is 1. The van der Waals surface area contributed by atoms with E-state index in [0.29, 0.717) is 0 Å². The van der Waals surface area contributed by atoms with Crippen LogP contribution in [0.3, 0.4) is 0 Å². The Hall–Kier alpha value is -2.44. The first kappa shape index (κ1) is 12.6. The summed E-state index contributed by atoms with van der Waals surface area (Å²) in [5.74, 6) is 0.0602. The van der Waals surface area contributed by atoms with Crippen LogP contribution in [0.1, 0.15) is 0 Å². The first-order chi connectivity index (χ1) is 9.83. The minimum absolute atomic E-state index is 0.0602. The van der Waals surface area contributed by atoms with Crippen LogP contribution in [0.5, 0.6) is 0 Å². The predicted octanol–water partition coefficient (Wildman–Crippen LogP) is 0.0219. The molecule has 0 N–H and O–H groups in total. The quantitative estimate of drug-likeness (QED) is 0.788. The molecule has 1 amide bonds. The summed E-state index contributed by atoms with van der Waals surface area (Å²) in [6.45, 7) is 3.38. The second-order valence-corrected chi connectivity index (χ2v) is 4.71. The van der Waals surface area contributed by atoms with Crippen molar-refractivity contribution in [2.45, 2.75) is 6.54 Å². The highest BCUT2D eigenvalue weighted by Gasteiger charge is 2.21. The maximum Gasteiger partial charge on any atom is 0.244 e. The van der Waals surface area contributed by atoms with Crippen molar-refractivity contribution in [2.24, 2.45) is 0 Å². The van der Waals surface area contributed by atoms with Gasteiger partial charge in [-0.05, 0) is 22.6 Å². The number of benzene rings is 1. The summed E-state index contributed by atoms with van der Waals surface area (Å²) in [6, 6.07) is 10.3. The van der Waals surface area contributed by atoms with E-state index in [1.165, 1.54) is 16.7 Å². The smallest absolute Gasteiger partial charge is 0.244 e. The lowest BCUT2D eigenvalue weighted by atomic mass is 10.2. The molecule has 1 aliphatic heterocycles. The molecule has 1 aliphatic rings. The molecular weight excluding hydrogens is 256 g/mol. The van der Waals surface area contributed by atoms with E-state index in [1.54, 1.807) is 0 Å². The average Bonchev–Trinajstić information content (AvgIpc) is 3.01. The van der Waals surface area contributed by atoms with Gasteiger partial charge in [0.2, 0.25) is 5.91 Å². The van der Waals surface area contributed by atoms with E-state index >= 15 is 0 Å². The van der Waals surface area contributed by atoms with Crippen LogP contribution in [-0.2, 0) is 11.3 Å². The summed E-state index contributed by atoms with van der Waals surface area (Å²) in [5, 5.41) is 10.8. The van der Waals surface area contributed by atoms with Crippen LogP contribution in [0.4, 0.5) is 5.69 Å². The zero-order valence-corrected chi connectivity index (χ0v) is 11.1. The fraction of sp³-hybridized carbons (Fsp3) is 0.385. The number of amides is 1. The summed E-state index contributed by atoms with van der Waals surface area (Å²) in [4.78, 5) is 16.3. The molecule has 7 nitrogen and oxygen atoms in total. The predicted molar refractivity (Wildman–Crippen MR) is 73.1 cm³/mol. The van der Waals surface area contributed by atoms with Crippen LogP contribution in [0.2, 0.25) is 0 Å². The zero-order chi connectivity index (χ0) is 13.8. The van der Waals surface area contributed by atoms with Gasteiger partial charge in [-0.1, -0.05) is 18.2 Å². The molecule has 104 valence electrons. The highest BCUT2D eigenvalue weighted by Crippen LogP contribution is 2.15. The fourth-order valence-electron chi connectivity index (χ4n) is 2.34. The van der Waals surface area contributed by atoms with Crippen molar-refractivity contribution in [3.8, 4) is 0 Å². The third kappa shape index (κ3) is 2.76. The molecule has 2 heterocycles. The van der Waals surface area contributed by atoms with Gasteiger partial charge in [0.25, 0.3) is 0 Å². The lowest BCUT2D eigenvalue weighted by Gasteiger charge is -2.36. The standard InChI is InChI=1S/C13H16N6O/c20-13(10-19-11-14-15-16-19)18-8-6-17(7-9-18)12-4-2-1-3-5-12/h1-5,11H,6-10H2. The minimum Gasteiger partial charge on any atom is -0.368 e. The Morgan fingerprint density at radius 2 is 1.85 bits per heavy atom. The Balaban J connectivity index is 1.54. The van der Waals surface area contributed by atoms with Crippen LogP contribution in [0.25, 0.3) is 0 Å². The van der Waals surface area contributed by atoms with Gasteiger partial charge in [0.15, 0.2) is 0 Å². The van der Waals surface area contributed by atoms with Crippen molar-refractivity contribution < 1.29 is 4.79 Å². The van der Waals surface area contributed by atoms with Crippen LogP contribution in [0.15, 0.2) is 36.7 Å². The molecule has 0 bridgehead atoms. The number of aromatic nitrogens is 4.